The van der Waals surface area contributed by atoms with Gasteiger partial charge >= 0.3 is 6.18 Å². The molecule has 8 heteroatoms. The highest BCUT2D eigenvalue weighted by Crippen LogP contribution is 2.41. The topological polar surface area (TPSA) is 15.3 Å². The van der Waals surface area contributed by atoms with Crippen LogP contribution >= 0.6 is 34.8 Å². The first-order valence-corrected chi connectivity index (χ1v) is 9.67. The molecule has 1 saturated heterocycles. The summed E-state index contributed by atoms with van der Waals surface area (Å²) in [6, 6.07) is 8.06. The number of hydrogen-bond donors (Lipinski definition) is 1. The molecule has 1 fully saturated rings. The molecule has 1 unspecified atom stereocenters. The average Bonchev–Trinajstić information content (AvgIpc) is 2.89. The minimum Gasteiger partial charge on any atom is -0.315 e. The Kier molecular flexibility index (Phi) is 6.59. The molecule has 146 valence electrons. The van der Waals surface area contributed by atoms with Crippen molar-refractivity contribution in [1.82, 2.24) is 10.2 Å². The summed E-state index contributed by atoms with van der Waals surface area (Å²) in [4.78, 5) is 2.10. The Morgan fingerprint density at radius 3 is 2.44 bits per heavy atom. The molecule has 1 aliphatic heterocycles. The van der Waals surface area contributed by atoms with Crippen LogP contribution in [0.5, 0.6) is 0 Å². The number of nitrogens with zero attached hydrogens (tertiary/aromatic N) is 1. The normalized spacial score (nSPS) is 17.6. The summed E-state index contributed by atoms with van der Waals surface area (Å²) in [7, 11) is 0. The Hall–Kier alpha value is -0.980. The van der Waals surface area contributed by atoms with Crippen LogP contribution in [-0.4, -0.2) is 31.1 Å². The lowest BCUT2D eigenvalue weighted by Gasteiger charge is -2.33. The van der Waals surface area contributed by atoms with Crippen LogP contribution in [0.15, 0.2) is 36.4 Å². The van der Waals surface area contributed by atoms with Crippen molar-refractivity contribution in [2.75, 3.05) is 26.2 Å². The Balaban J connectivity index is 2.16. The first kappa shape index (κ1) is 20.7. The highest BCUT2D eigenvalue weighted by molar-refractivity contribution is 6.42. The molecule has 0 spiro atoms. The van der Waals surface area contributed by atoms with Crippen molar-refractivity contribution >= 4 is 34.8 Å². The van der Waals surface area contributed by atoms with E-state index in [1.165, 1.54) is 6.07 Å². The lowest BCUT2D eigenvalue weighted by Crippen LogP contribution is -2.33. The zero-order chi connectivity index (χ0) is 19.6. The van der Waals surface area contributed by atoms with Gasteiger partial charge in [-0.2, -0.15) is 13.2 Å². The van der Waals surface area contributed by atoms with Crippen molar-refractivity contribution in [2.24, 2.45) is 0 Å². The predicted octanol–water partition coefficient (Wildman–Crippen LogP) is 6.05. The van der Waals surface area contributed by atoms with Gasteiger partial charge in [-0.05, 0) is 48.4 Å². The van der Waals surface area contributed by atoms with E-state index < -0.39 is 17.8 Å². The first-order chi connectivity index (χ1) is 12.8. The van der Waals surface area contributed by atoms with Gasteiger partial charge < -0.3 is 5.32 Å². The summed E-state index contributed by atoms with van der Waals surface area (Å²) in [5.41, 5.74) is 0.280. The van der Waals surface area contributed by atoms with Crippen molar-refractivity contribution in [2.45, 2.75) is 18.6 Å². The molecular formula is C19H18Cl3F3N2. The zero-order valence-corrected chi connectivity index (χ0v) is 16.6. The van der Waals surface area contributed by atoms with Crippen molar-refractivity contribution in [3.63, 3.8) is 0 Å². The van der Waals surface area contributed by atoms with Gasteiger partial charge in [-0.3, -0.25) is 4.90 Å². The van der Waals surface area contributed by atoms with Crippen molar-refractivity contribution in [1.29, 1.82) is 0 Å². The molecule has 1 aliphatic rings. The van der Waals surface area contributed by atoms with Gasteiger partial charge in [0.2, 0.25) is 0 Å². The number of rotatable bonds is 3. The lowest BCUT2D eigenvalue weighted by atomic mass is 9.95. The molecular weight excluding hydrogens is 420 g/mol. The number of nitrogens with one attached hydrogen (secondary N) is 1. The summed E-state index contributed by atoms with van der Waals surface area (Å²) >= 11 is 19.0. The summed E-state index contributed by atoms with van der Waals surface area (Å²) in [6.45, 7) is 2.93. The van der Waals surface area contributed by atoms with Gasteiger partial charge in [0.05, 0.1) is 21.7 Å². The van der Waals surface area contributed by atoms with Crippen molar-refractivity contribution in [3.05, 3.63) is 68.2 Å². The van der Waals surface area contributed by atoms with Crippen LogP contribution in [0.3, 0.4) is 0 Å². The number of hydrogen-bond acceptors (Lipinski definition) is 2. The molecule has 27 heavy (non-hydrogen) atoms. The van der Waals surface area contributed by atoms with Gasteiger partial charge in [-0.15, -0.1) is 0 Å². The average molecular weight is 438 g/mol. The summed E-state index contributed by atoms with van der Waals surface area (Å²) < 4.78 is 39.9. The zero-order valence-electron chi connectivity index (χ0n) is 14.3. The maximum absolute atomic E-state index is 13.3. The molecule has 0 radical (unpaired) electrons. The van der Waals surface area contributed by atoms with Gasteiger partial charge in [0.1, 0.15) is 0 Å². The Bertz CT molecular complexity index is 803. The molecule has 2 nitrogen and oxygen atoms in total. The molecule has 0 aliphatic carbocycles. The largest absolute Gasteiger partial charge is 0.416 e. The maximum Gasteiger partial charge on any atom is 0.416 e. The number of benzene rings is 2. The molecule has 1 heterocycles. The SMILES string of the molecule is FC(F)(F)c1ccc(Cl)c(C(c2cccc(Cl)c2Cl)N2CCCNCC2)c1. The predicted molar refractivity (Wildman–Crippen MR) is 104 cm³/mol. The van der Waals surface area contributed by atoms with Gasteiger partial charge in [-0.25, -0.2) is 0 Å². The fourth-order valence-corrected chi connectivity index (χ4v) is 3.98. The molecule has 2 aromatic carbocycles. The van der Waals surface area contributed by atoms with Gasteiger partial charge in [0.15, 0.2) is 0 Å². The highest BCUT2D eigenvalue weighted by atomic mass is 35.5. The third kappa shape index (κ3) is 4.72. The van der Waals surface area contributed by atoms with Gasteiger partial charge in [0, 0.05) is 24.7 Å². The molecule has 0 aromatic heterocycles. The molecule has 1 N–H and O–H groups in total. The second-order valence-electron chi connectivity index (χ2n) is 6.42. The molecule has 3 rings (SSSR count). The van der Waals surface area contributed by atoms with Crippen LogP contribution in [0.4, 0.5) is 13.2 Å². The van der Waals surface area contributed by atoms with E-state index in [2.05, 4.69) is 10.2 Å². The second-order valence-corrected chi connectivity index (χ2v) is 7.61. The molecule has 0 bridgehead atoms. The summed E-state index contributed by atoms with van der Waals surface area (Å²) in [5, 5.41) is 4.25. The molecule has 0 amide bonds. The van der Waals surface area contributed by atoms with Gasteiger partial charge in [0.25, 0.3) is 0 Å². The van der Waals surface area contributed by atoms with Crippen molar-refractivity contribution in [3.8, 4) is 0 Å². The molecule has 1 atom stereocenters. The Labute approximate surface area is 171 Å². The minimum absolute atomic E-state index is 0.265. The minimum atomic E-state index is -4.46. The van der Waals surface area contributed by atoms with E-state index in [1.54, 1.807) is 18.2 Å². The molecule has 0 saturated carbocycles. The van der Waals surface area contributed by atoms with E-state index in [9.17, 15) is 13.2 Å². The van der Waals surface area contributed by atoms with E-state index >= 15 is 0 Å². The molecule has 2 aromatic rings. The van der Waals surface area contributed by atoms with Crippen LogP contribution in [0.25, 0.3) is 0 Å². The number of alkyl halides is 3. The fourth-order valence-electron chi connectivity index (χ4n) is 3.35. The van der Waals surface area contributed by atoms with E-state index in [4.69, 9.17) is 34.8 Å². The van der Waals surface area contributed by atoms with Crippen LogP contribution in [0.2, 0.25) is 15.1 Å². The van der Waals surface area contributed by atoms with Crippen molar-refractivity contribution < 1.29 is 13.2 Å². The van der Waals surface area contributed by atoms with Crippen LogP contribution in [-0.2, 0) is 6.18 Å². The standard InChI is InChI=1S/C19H18Cl3F3N2/c20-15-6-5-12(19(23,24)25)11-14(15)18(27-9-2-7-26-8-10-27)13-3-1-4-16(21)17(13)22/h1,3-6,11,18,26H,2,7-10H2. The lowest BCUT2D eigenvalue weighted by molar-refractivity contribution is -0.137. The monoisotopic (exact) mass is 436 g/mol. The quantitative estimate of drug-likeness (QED) is 0.629. The third-order valence-corrected chi connectivity index (χ3v) is 5.81. The highest BCUT2D eigenvalue weighted by Gasteiger charge is 2.34. The van der Waals surface area contributed by atoms with E-state index in [-0.39, 0.29) is 5.02 Å². The van der Waals surface area contributed by atoms with E-state index in [0.717, 1.165) is 31.6 Å². The maximum atomic E-state index is 13.3. The Morgan fingerprint density at radius 2 is 1.70 bits per heavy atom. The summed E-state index contributed by atoms with van der Waals surface area (Å²) in [6.07, 6.45) is -3.59. The Morgan fingerprint density at radius 1 is 0.926 bits per heavy atom. The van der Waals surface area contributed by atoms with E-state index in [0.29, 0.717) is 34.3 Å². The van der Waals surface area contributed by atoms with E-state index in [1.807, 2.05) is 0 Å². The number of halogens is 6. The third-order valence-electron chi connectivity index (χ3n) is 4.63. The van der Waals surface area contributed by atoms with Crippen LogP contribution in [0.1, 0.15) is 29.2 Å². The first-order valence-electron chi connectivity index (χ1n) is 8.54. The smallest absolute Gasteiger partial charge is 0.315 e. The fraction of sp³-hybridized carbons (Fsp3) is 0.368. The van der Waals surface area contributed by atoms with Crippen LogP contribution in [0, 0.1) is 0 Å². The van der Waals surface area contributed by atoms with Crippen LogP contribution < -0.4 is 5.32 Å². The second kappa shape index (κ2) is 8.58. The summed E-state index contributed by atoms with van der Waals surface area (Å²) in [5.74, 6) is 0. The van der Waals surface area contributed by atoms with Gasteiger partial charge in [-0.1, -0.05) is 46.9 Å².